The van der Waals surface area contributed by atoms with Gasteiger partial charge in [0.1, 0.15) is 5.82 Å². The maximum Gasteiger partial charge on any atom is 0.144 e. The van der Waals surface area contributed by atoms with Crippen molar-refractivity contribution in [3.8, 4) is 0 Å². The van der Waals surface area contributed by atoms with Gasteiger partial charge < -0.3 is 11.1 Å². The Morgan fingerprint density at radius 1 is 1.69 bits per heavy atom. The van der Waals surface area contributed by atoms with E-state index in [0.29, 0.717) is 0 Å². The van der Waals surface area contributed by atoms with Crippen molar-refractivity contribution >= 4 is 5.82 Å². The van der Waals surface area contributed by atoms with Crippen molar-refractivity contribution in [3.05, 3.63) is 6.20 Å². The normalized spacial score (nSPS) is 15.4. The summed E-state index contributed by atoms with van der Waals surface area (Å²) in [5.41, 5.74) is 5.80. The van der Waals surface area contributed by atoms with Gasteiger partial charge in [0.15, 0.2) is 0 Å². The van der Waals surface area contributed by atoms with Crippen LogP contribution >= 0.6 is 0 Å². The first kappa shape index (κ1) is 9.98. The van der Waals surface area contributed by atoms with Gasteiger partial charge in [-0.05, 0) is 13.3 Å². The molecule has 5 nitrogen and oxygen atoms in total. The van der Waals surface area contributed by atoms with E-state index in [-0.39, 0.29) is 12.1 Å². The lowest BCUT2D eigenvalue weighted by atomic mass is 10.1. The van der Waals surface area contributed by atoms with E-state index in [1.165, 1.54) is 0 Å². The molecule has 0 saturated heterocycles. The van der Waals surface area contributed by atoms with Crippen molar-refractivity contribution in [2.45, 2.75) is 32.4 Å². The molecule has 0 radical (unpaired) electrons. The molecule has 74 valence electrons. The van der Waals surface area contributed by atoms with E-state index in [1.807, 2.05) is 14.0 Å². The third-order valence-electron chi connectivity index (χ3n) is 2.12. The zero-order valence-electron chi connectivity index (χ0n) is 8.36. The minimum Gasteiger partial charge on any atom is -0.365 e. The van der Waals surface area contributed by atoms with Crippen LogP contribution < -0.4 is 11.1 Å². The molecule has 0 fully saturated rings. The molecule has 0 saturated carbocycles. The number of rotatable bonds is 4. The molecule has 1 heterocycles. The number of nitrogens with two attached hydrogens (primary N) is 1. The lowest BCUT2D eigenvalue weighted by Crippen LogP contribution is -2.37. The summed E-state index contributed by atoms with van der Waals surface area (Å²) in [6, 6.07) is 0.400. The summed E-state index contributed by atoms with van der Waals surface area (Å²) in [5, 5.41) is 10.9. The van der Waals surface area contributed by atoms with Crippen molar-refractivity contribution in [1.82, 2.24) is 15.0 Å². The Bertz CT molecular complexity index is 255. The van der Waals surface area contributed by atoms with Gasteiger partial charge in [-0.1, -0.05) is 12.1 Å². The Hall–Kier alpha value is -1.10. The number of nitrogens with one attached hydrogen (secondary N) is 1. The minimum atomic E-state index is 0.125. The zero-order chi connectivity index (χ0) is 9.84. The summed E-state index contributed by atoms with van der Waals surface area (Å²) >= 11 is 0. The molecule has 13 heavy (non-hydrogen) atoms. The van der Waals surface area contributed by atoms with Crippen LogP contribution in [-0.2, 0) is 7.05 Å². The SMILES string of the molecule is CCC(Nc1cnnn1C)C(C)N. The first-order valence-electron chi connectivity index (χ1n) is 4.52. The fraction of sp³-hybridized carbons (Fsp3) is 0.750. The van der Waals surface area contributed by atoms with Crippen LogP contribution in [0.1, 0.15) is 20.3 Å². The van der Waals surface area contributed by atoms with Crippen molar-refractivity contribution < 1.29 is 0 Å². The third kappa shape index (κ3) is 2.42. The van der Waals surface area contributed by atoms with Crippen LogP contribution in [0.15, 0.2) is 6.20 Å². The van der Waals surface area contributed by atoms with Crippen LogP contribution in [0.25, 0.3) is 0 Å². The van der Waals surface area contributed by atoms with Crippen LogP contribution in [0.4, 0.5) is 5.82 Å². The van der Waals surface area contributed by atoms with E-state index < -0.39 is 0 Å². The Kier molecular flexibility index (Phi) is 3.25. The van der Waals surface area contributed by atoms with Crippen molar-refractivity contribution in [1.29, 1.82) is 0 Å². The van der Waals surface area contributed by atoms with Gasteiger partial charge in [0.25, 0.3) is 0 Å². The monoisotopic (exact) mass is 183 g/mol. The Morgan fingerprint density at radius 3 is 2.77 bits per heavy atom. The second-order valence-corrected chi connectivity index (χ2v) is 3.26. The molecule has 0 aliphatic heterocycles. The van der Waals surface area contributed by atoms with Gasteiger partial charge in [-0.2, -0.15) is 0 Å². The molecule has 0 amide bonds. The summed E-state index contributed by atoms with van der Waals surface area (Å²) in [6.07, 6.45) is 2.69. The number of hydrogen-bond donors (Lipinski definition) is 2. The lowest BCUT2D eigenvalue weighted by molar-refractivity contribution is 0.571. The van der Waals surface area contributed by atoms with E-state index in [4.69, 9.17) is 5.73 Å². The highest BCUT2D eigenvalue weighted by Crippen LogP contribution is 2.07. The molecule has 0 aliphatic rings. The average Bonchev–Trinajstić information content (AvgIpc) is 2.46. The zero-order valence-corrected chi connectivity index (χ0v) is 8.36. The molecule has 1 aromatic rings. The van der Waals surface area contributed by atoms with Gasteiger partial charge >= 0.3 is 0 Å². The molecule has 0 spiro atoms. The first-order valence-corrected chi connectivity index (χ1v) is 4.52. The van der Waals surface area contributed by atoms with Crippen LogP contribution in [0.2, 0.25) is 0 Å². The molecule has 2 unspecified atom stereocenters. The molecule has 0 aliphatic carbocycles. The number of aryl methyl sites for hydroxylation is 1. The summed E-state index contributed by atoms with van der Waals surface area (Å²) in [5.74, 6) is 0.907. The van der Waals surface area contributed by atoms with Crippen LogP contribution in [0, 0.1) is 0 Å². The number of nitrogens with zero attached hydrogens (tertiary/aromatic N) is 3. The van der Waals surface area contributed by atoms with E-state index in [0.717, 1.165) is 12.2 Å². The summed E-state index contributed by atoms with van der Waals surface area (Å²) in [4.78, 5) is 0. The Labute approximate surface area is 78.3 Å². The highest BCUT2D eigenvalue weighted by molar-refractivity contribution is 5.32. The summed E-state index contributed by atoms with van der Waals surface area (Å²) in [6.45, 7) is 4.09. The van der Waals surface area contributed by atoms with Gasteiger partial charge in [-0.25, -0.2) is 4.68 Å². The van der Waals surface area contributed by atoms with Crippen LogP contribution in [-0.4, -0.2) is 27.1 Å². The van der Waals surface area contributed by atoms with Gasteiger partial charge in [0.2, 0.25) is 0 Å². The maximum atomic E-state index is 5.80. The van der Waals surface area contributed by atoms with Crippen LogP contribution in [0.5, 0.6) is 0 Å². The molecule has 0 bridgehead atoms. The smallest absolute Gasteiger partial charge is 0.144 e. The van der Waals surface area contributed by atoms with Crippen LogP contribution in [0.3, 0.4) is 0 Å². The van der Waals surface area contributed by atoms with E-state index in [1.54, 1.807) is 10.9 Å². The highest BCUT2D eigenvalue weighted by atomic mass is 15.4. The summed E-state index contributed by atoms with van der Waals surface area (Å²) in [7, 11) is 1.85. The molecule has 3 N–H and O–H groups in total. The van der Waals surface area contributed by atoms with Crippen molar-refractivity contribution in [2.75, 3.05) is 5.32 Å². The van der Waals surface area contributed by atoms with Crippen molar-refractivity contribution in [3.63, 3.8) is 0 Å². The number of aromatic nitrogens is 3. The quantitative estimate of drug-likeness (QED) is 0.707. The topological polar surface area (TPSA) is 68.8 Å². The lowest BCUT2D eigenvalue weighted by Gasteiger charge is -2.20. The number of hydrogen-bond acceptors (Lipinski definition) is 4. The minimum absolute atomic E-state index is 0.125. The van der Waals surface area contributed by atoms with E-state index >= 15 is 0 Å². The highest BCUT2D eigenvalue weighted by Gasteiger charge is 2.12. The second kappa shape index (κ2) is 4.23. The molecule has 1 aromatic heterocycles. The molecule has 0 aromatic carbocycles. The molecular formula is C8H17N5. The number of anilines is 1. The predicted molar refractivity (Wildman–Crippen MR) is 52.4 cm³/mol. The average molecular weight is 183 g/mol. The standard InChI is InChI=1S/C8H17N5/c1-4-7(6(2)9)11-8-5-10-12-13(8)3/h5-7,11H,4,9H2,1-3H3. The molecular weight excluding hydrogens is 166 g/mol. The molecule has 5 heteroatoms. The third-order valence-corrected chi connectivity index (χ3v) is 2.12. The van der Waals surface area contributed by atoms with E-state index in [2.05, 4.69) is 22.6 Å². The van der Waals surface area contributed by atoms with Gasteiger partial charge in [0, 0.05) is 19.1 Å². The van der Waals surface area contributed by atoms with Gasteiger partial charge in [0.05, 0.1) is 6.20 Å². The Balaban J connectivity index is 2.62. The maximum absolute atomic E-state index is 5.80. The van der Waals surface area contributed by atoms with Gasteiger partial charge in [-0.3, -0.25) is 0 Å². The second-order valence-electron chi connectivity index (χ2n) is 3.26. The van der Waals surface area contributed by atoms with Gasteiger partial charge in [-0.15, -0.1) is 5.10 Å². The van der Waals surface area contributed by atoms with E-state index in [9.17, 15) is 0 Å². The fourth-order valence-electron chi connectivity index (χ4n) is 1.22. The summed E-state index contributed by atoms with van der Waals surface area (Å²) < 4.78 is 1.70. The largest absolute Gasteiger partial charge is 0.365 e. The van der Waals surface area contributed by atoms with Crippen molar-refractivity contribution in [2.24, 2.45) is 12.8 Å². The predicted octanol–water partition coefficient (Wildman–Crippen LogP) is 0.353. The first-order chi connectivity index (χ1) is 6.15. The molecule has 1 rings (SSSR count). The fourth-order valence-corrected chi connectivity index (χ4v) is 1.22. The Morgan fingerprint density at radius 2 is 2.38 bits per heavy atom. The molecule has 2 atom stereocenters.